The van der Waals surface area contributed by atoms with Crippen LogP contribution in [-0.4, -0.2) is 31.8 Å². The Kier molecular flexibility index (Phi) is 5.17. The Morgan fingerprint density at radius 3 is 2.25 bits per heavy atom. The Labute approximate surface area is 162 Å². The second-order valence-corrected chi connectivity index (χ2v) is 9.30. The predicted molar refractivity (Wildman–Crippen MR) is 102 cm³/mol. The first-order valence-electron chi connectivity index (χ1n) is 8.24. The first-order chi connectivity index (χ1) is 13.1. The fraction of sp³-hybridized carbons (Fsp3) is 0.250. The molecule has 0 atom stereocenters. The normalized spacial score (nSPS) is 12.1. The third-order valence-electron chi connectivity index (χ3n) is 3.93. The molecule has 0 fully saturated rings. The molecule has 1 aromatic carbocycles. The van der Waals surface area contributed by atoms with Crippen molar-refractivity contribution in [1.82, 2.24) is 14.9 Å². The minimum absolute atomic E-state index is 0.0499. The molecule has 150 valence electrons. The molecule has 28 heavy (non-hydrogen) atoms. The molecule has 0 saturated carbocycles. The second kappa shape index (κ2) is 7.28. The van der Waals surface area contributed by atoms with Crippen LogP contribution < -0.4 is 9.44 Å². The van der Waals surface area contributed by atoms with Crippen molar-refractivity contribution in [2.75, 3.05) is 9.44 Å². The zero-order valence-electron chi connectivity index (χ0n) is 15.4. The molecule has 0 radical (unpaired) electrons. The summed E-state index contributed by atoms with van der Waals surface area (Å²) in [4.78, 5) is 0.0141. The molecule has 3 aromatic rings. The summed E-state index contributed by atoms with van der Waals surface area (Å²) >= 11 is 0. The average Bonchev–Trinajstić information content (AvgIpc) is 3.20. The summed E-state index contributed by atoms with van der Waals surface area (Å²) in [7, 11) is -7.73. The van der Waals surface area contributed by atoms with Crippen LogP contribution in [0.3, 0.4) is 0 Å². The van der Waals surface area contributed by atoms with Crippen molar-refractivity contribution in [1.29, 1.82) is 0 Å². The van der Waals surface area contributed by atoms with Crippen LogP contribution in [0.5, 0.6) is 0 Å². The minimum Gasteiger partial charge on any atom is -0.360 e. The lowest BCUT2D eigenvalue weighted by Gasteiger charge is -2.09. The summed E-state index contributed by atoms with van der Waals surface area (Å²) in [6.07, 6.45) is 1.28. The molecule has 0 saturated heterocycles. The maximum atomic E-state index is 12.6. The first kappa shape index (κ1) is 19.9. The van der Waals surface area contributed by atoms with E-state index in [9.17, 15) is 16.8 Å². The molecule has 0 aliphatic carbocycles. The zero-order valence-corrected chi connectivity index (χ0v) is 17.0. The first-order valence-corrected chi connectivity index (χ1v) is 11.2. The van der Waals surface area contributed by atoms with E-state index in [1.54, 1.807) is 18.5 Å². The van der Waals surface area contributed by atoms with Crippen molar-refractivity contribution < 1.29 is 21.4 Å². The quantitative estimate of drug-likeness (QED) is 0.591. The number of hydrogen-bond donors (Lipinski definition) is 2. The maximum Gasteiger partial charge on any atom is 0.265 e. The molecule has 3 rings (SSSR count). The highest BCUT2D eigenvalue weighted by Crippen LogP contribution is 2.22. The monoisotopic (exact) mass is 425 g/mol. The third kappa shape index (κ3) is 4.02. The van der Waals surface area contributed by atoms with Crippen LogP contribution in [-0.2, 0) is 26.6 Å². The highest BCUT2D eigenvalue weighted by molar-refractivity contribution is 7.93. The van der Waals surface area contributed by atoms with E-state index >= 15 is 0 Å². The molecular weight excluding hydrogens is 406 g/mol. The molecular formula is C16H19N5O5S2. The molecule has 0 unspecified atom stereocenters. The molecule has 10 nitrogen and oxygen atoms in total. The van der Waals surface area contributed by atoms with Gasteiger partial charge in [-0.3, -0.25) is 14.1 Å². The van der Waals surface area contributed by atoms with E-state index in [1.165, 1.54) is 36.5 Å². The van der Waals surface area contributed by atoms with E-state index in [2.05, 4.69) is 19.7 Å². The van der Waals surface area contributed by atoms with Gasteiger partial charge in [-0.25, -0.2) is 16.8 Å². The van der Waals surface area contributed by atoms with Gasteiger partial charge in [0.2, 0.25) is 0 Å². The molecule has 0 amide bonds. The summed E-state index contributed by atoms with van der Waals surface area (Å²) in [6.45, 7) is 5.71. The molecule has 0 bridgehead atoms. The fourth-order valence-electron chi connectivity index (χ4n) is 2.54. The van der Waals surface area contributed by atoms with Crippen LogP contribution in [0.25, 0.3) is 0 Å². The van der Waals surface area contributed by atoms with Gasteiger partial charge in [-0.05, 0) is 45.0 Å². The molecule has 0 aliphatic heterocycles. The topological polar surface area (TPSA) is 136 Å². The van der Waals surface area contributed by atoms with Crippen LogP contribution in [0.1, 0.15) is 18.4 Å². The Morgan fingerprint density at radius 1 is 1.04 bits per heavy atom. The van der Waals surface area contributed by atoms with Gasteiger partial charge >= 0.3 is 0 Å². The third-order valence-corrected chi connectivity index (χ3v) is 6.79. The van der Waals surface area contributed by atoms with Gasteiger partial charge in [0.1, 0.15) is 10.7 Å². The Bertz CT molecular complexity index is 1190. The number of aryl methyl sites for hydroxylation is 2. The van der Waals surface area contributed by atoms with Gasteiger partial charge in [-0.2, -0.15) is 5.10 Å². The summed E-state index contributed by atoms with van der Waals surface area (Å²) in [5.74, 6) is 0.523. The van der Waals surface area contributed by atoms with Gasteiger partial charge in [0.05, 0.1) is 16.8 Å². The number of nitrogens with one attached hydrogen (secondary N) is 2. The zero-order chi connectivity index (χ0) is 20.5. The summed E-state index contributed by atoms with van der Waals surface area (Å²) in [6, 6.07) is 6.74. The number of hydrogen-bond acceptors (Lipinski definition) is 7. The van der Waals surface area contributed by atoms with Gasteiger partial charge in [-0.15, -0.1) is 0 Å². The van der Waals surface area contributed by atoms with Crippen LogP contribution in [0.4, 0.5) is 11.5 Å². The van der Waals surface area contributed by atoms with Crippen molar-refractivity contribution in [3.8, 4) is 0 Å². The Hall–Kier alpha value is -2.86. The number of anilines is 2. The summed E-state index contributed by atoms with van der Waals surface area (Å²) < 4.78 is 61.0. The highest BCUT2D eigenvalue weighted by Gasteiger charge is 2.21. The van der Waals surface area contributed by atoms with E-state index in [-0.39, 0.29) is 21.3 Å². The average molecular weight is 425 g/mol. The minimum atomic E-state index is -3.88. The van der Waals surface area contributed by atoms with E-state index in [0.717, 1.165) is 0 Å². The van der Waals surface area contributed by atoms with Crippen molar-refractivity contribution in [2.24, 2.45) is 0 Å². The van der Waals surface area contributed by atoms with Crippen molar-refractivity contribution >= 4 is 31.6 Å². The molecule has 12 heteroatoms. The van der Waals surface area contributed by atoms with Crippen molar-refractivity contribution in [3.63, 3.8) is 0 Å². The number of aromatic nitrogens is 3. The molecule has 0 spiro atoms. The number of benzene rings is 1. The van der Waals surface area contributed by atoms with Gasteiger partial charge in [0.15, 0.2) is 5.82 Å². The lowest BCUT2D eigenvalue weighted by atomic mass is 10.3. The van der Waals surface area contributed by atoms with Gasteiger partial charge in [0.25, 0.3) is 20.0 Å². The van der Waals surface area contributed by atoms with E-state index in [0.29, 0.717) is 18.0 Å². The number of nitrogens with zero attached hydrogens (tertiary/aromatic N) is 3. The molecule has 2 N–H and O–H groups in total. The molecule has 0 aliphatic rings. The number of sulfonamides is 2. The van der Waals surface area contributed by atoms with Gasteiger partial charge < -0.3 is 4.52 Å². The SMILES string of the molecule is CCn1ncc(S(=O)(=O)Nc2ccc(S(=O)(=O)Nc3cc(C)on3)cc2)c1C. The molecule has 2 heterocycles. The van der Waals surface area contributed by atoms with Crippen molar-refractivity contribution in [3.05, 3.63) is 48.0 Å². The largest absolute Gasteiger partial charge is 0.360 e. The maximum absolute atomic E-state index is 12.6. The Morgan fingerprint density at radius 2 is 1.71 bits per heavy atom. The lowest BCUT2D eigenvalue weighted by Crippen LogP contribution is -2.15. The van der Waals surface area contributed by atoms with Crippen LogP contribution in [0.2, 0.25) is 0 Å². The van der Waals surface area contributed by atoms with Gasteiger partial charge in [-0.1, -0.05) is 5.16 Å². The molecule has 2 aromatic heterocycles. The van der Waals surface area contributed by atoms with E-state index in [4.69, 9.17) is 4.52 Å². The van der Waals surface area contributed by atoms with Crippen LogP contribution in [0.15, 0.2) is 50.8 Å². The lowest BCUT2D eigenvalue weighted by molar-refractivity contribution is 0.400. The van der Waals surface area contributed by atoms with E-state index in [1.807, 2.05) is 6.92 Å². The van der Waals surface area contributed by atoms with Crippen LogP contribution >= 0.6 is 0 Å². The van der Waals surface area contributed by atoms with E-state index < -0.39 is 20.0 Å². The van der Waals surface area contributed by atoms with Gasteiger partial charge in [0, 0.05) is 18.3 Å². The fourth-order valence-corrected chi connectivity index (χ4v) is 4.76. The standard InChI is InChI=1S/C16H19N5O5S2/c1-4-21-12(3)15(10-17-21)28(24,25)19-13-5-7-14(8-6-13)27(22,23)20-16-9-11(2)26-18-16/h5-10,19H,4H2,1-3H3,(H,18,20). The smallest absolute Gasteiger partial charge is 0.265 e. The Balaban J connectivity index is 1.79. The summed E-state index contributed by atoms with van der Waals surface area (Å²) in [5.41, 5.74) is 0.737. The highest BCUT2D eigenvalue weighted by atomic mass is 32.2. The van der Waals surface area contributed by atoms with Crippen molar-refractivity contribution in [2.45, 2.75) is 37.1 Å². The predicted octanol–water partition coefficient (Wildman–Crippen LogP) is 2.11. The number of rotatable bonds is 7. The summed E-state index contributed by atoms with van der Waals surface area (Å²) in [5, 5.41) is 7.60. The second-order valence-electron chi connectivity index (χ2n) is 5.97. The van der Waals surface area contributed by atoms with Crippen LogP contribution in [0, 0.1) is 13.8 Å².